The lowest BCUT2D eigenvalue weighted by Crippen LogP contribution is -2.02. The highest BCUT2D eigenvalue weighted by Gasteiger charge is 2.25. The second-order valence-corrected chi connectivity index (χ2v) is 3.68. The minimum atomic E-state index is -0.911. The number of hydrogen-bond donors (Lipinski definition) is 1. The van der Waals surface area contributed by atoms with Crippen molar-refractivity contribution < 1.29 is 9.90 Å². The quantitative estimate of drug-likeness (QED) is 0.667. The van der Waals surface area contributed by atoms with Gasteiger partial charge in [0.15, 0.2) is 0 Å². The molecule has 0 amide bonds. The molecule has 1 aliphatic rings. The van der Waals surface area contributed by atoms with E-state index in [4.69, 9.17) is 5.11 Å². The van der Waals surface area contributed by atoms with Gasteiger partial charge in [-0.25, -0.2) is 4.79 Å². The molecule has 0 fully saturated rings. The Kier molecular flexibility index (Phi) is 1.77. The highest BCUT2D eigenvalue weighted by molar-refractivity contribution is 5.92. The van der Waals surface area contributed by atoms with Crippen LogP contribution in [0.15, 0.2) is 30.6 Å². The Labute approximate surface area is 91.6 Å². The van der Waals surface area contributed by atoms with Gasteiger partial charge in [-0.05, 0) is 23.3 Å². The van der Waals surface area contributed by atoms with Gasteiger partial charge in [0.1, 0.15) is 0 Å². The van der Waals surface area contributed by atoms with Gasteiger partial charge in [0.2, 0.25) is 0 Å². The minimum Gasteiger partial charge on any atom is -0.478 e. The Morgan fingerprint density at radius 2 is 2.00 bits per heavy atom. The van der Waals surface area contributed by atoms with E-state index in [-0.39, 0.29) is 0 Å². The van der Waals surface area contributed by atoms with Crippen molar-refractivity contribution >= 4 is 5.97 Å². The predicted molar refractivity (Wildman–Crippen MR) is 57.2 cm³/mol. The molecule has 0 saturated heterocycles. The first-order valence-electron chi connectivity index (χ1n) is 4.93. The molecule has 0 bridgehead atoms. The maximum absolute atomic E-state index is 11.1. The SMILES string of the molecule is O=C(O)c1ccnc2c1Cc1cccnc1-2. The van der Waals surface area contributed by atoms with E-state index in [1.807, 2.05) is 12.1 Å². The highest BCUT2D eigenvalue weighted by atomic mass is 16.4. The van der Waals surface area contributed by atoms with Gasteiger partial charge in [0.05, 0.1) is 17.0 Å². The zero-order valence-electron chi connectivity index (χ0n) is 8.34. The summed E-state index contributed by atoms with van der Waals surface area (Å²) in [5.41, 5.74) is 3.64. The van der Waals surface area contributed by atoms with Crippen LogP contribution in [0.25, 0.3) is 11.4 Å². The first-order valence-corrected chi connectivity index (χ1v) is 4.93. The third kappa shape index (κ3) is 1.13. The van der Waals surface area contributed by atoms with Crippen molar-refractivity contribution in [2.45, 2.75) is 6.42 Å². The largest absolute Gasteiger partial charge is 0.478 e. The molecular formula is C12H8N2O2. The molecule has 2 aromatic rings. The average molecular weight is 212 g/mol. The Morgan fingerprint density at radius 1 is 1.19 bits per heavy atom. The van der Waals surface area contributed by atoms with Crippen molar-refractivity contribution in [2.75, 3.05) is 0 Å². The molecule has 78 valence electrons. The van der Waals surface area contributed by atoms with E-state index in [9.17, 15) is 4.79 Å². The lowest BCUT2D eigenvalue weighted by Gasteiger charge is -2.01. The van der Waals surface area contributed by atoms with Crippen LogP contribution in [0.2, 0.25) is 0 Å². The van der Waals surface area contributed by atoms with Crippen molar-refractivity contribution in [1.29, 1.82) is 0 Å². The number of carboxylic acid groups (broad SMARTS) is 1. The summed E-state index contributed by atoms with van der Waals surface area (Å²) < 4.78 is 0. The molecule has 3 rings (SSSR count). The topological polar surface area (TPSA) is 63.1 Å². The molecule has 0 saturated carbocycles. The molecule has 16 heavy (non-hydrogen) atoms. The normalized spacial score (nSPS) is 12.0. The van der Waals surface area contributed by atoms with Crippen LogP contribution in [-0.4, -0.2) is 21.0 Å². The summed E-state index contributed by atoms with van der Waals surface area (Å²) in [5, 5.41) is 9.08. The lowest BCUT2D eigenvalue weighted by atomic mass is 10.1. The van der Waals surface area contributed by atoms with Crippen molar-refractivity contribution in [3.8, 4) is 11.4 Å². The van der Waals surface area contributed by atoms with Crippen LogP contribution in [0.5, 0.6) is 0 Å². The summed E-state index contributed by atoms with van der Waals surface area (Å²) in [6.45, 7) is 0. The third-order valence-electron chi connectivity index (χ3n) is 2.77. The lowest BCUT2D eigenvalue weighted by molar-refractivity contribution is 0.0696. The Balaban J connectivity index is 2.28. The first kappa shape index (κ1) is 9.03. The molecule has 4 nitrogen and oxygen atoms in total. The number of aromatic carboxylic acids is 1. The maximum Gasteiger partial charge on any atom is 0.336 e. The van der Waals surface area contributed by atoms with Crippen LogP contribution in [0.4, 0.5) is 0 Å². The van der Waals surface area contributed by atoms with Gasteiger partial charge in [-0.1, -0.05) is 6.07 Å². The molecule has 0 atom stereocenters. The molecule has 0 radical (unpaired) electrons. The number of aromatic nitrogens is 2. The Hall–Kier alpha value is -2.23. The number of hydrogen-bond acceptors (Lipinski definition) is 3. The number of carbonyl (C=O) groups is 1. The fourth-order valence-corrected chi connectivity index (χ4v) is 2.06. The number of carboxylic acids is 1. The third-order valence-corrected chi connectivity index (χ3v) is 2.77. The molecule has 2 aromatic heterocycles. The van der Waals surface area contributed by atoms with Gasteiger partial charge in [-0.2, -0.15) is 0 Å². The van der Waals surface area contributed by atoms with Gasteiger partial charge in [-0.15, -0.1) is 0 Å². The van der Waals surface area contributed by atoms with Crippen LogP contribution in [0, 0.1) is 0 Å². The summed E-state index contributed by atoms with van der Waals surface area (Å²) in [6.07, 6.45) is 3.82. The monoisotopic (exact) mass is 212 g/mol. The standard InChI is InChI=1S/C12H8N2O2/c15-12(16)8-3-5-14-11-9(8)6-7-2-1-4-13-10(7)11/h1-5H,6H2,(H,15,16). The molecule has 1 aliphatic carbocycles. The Bertz CT molecular complexity index is 593. The second kappa shape index (κ2) is 3.13. The molecule has 0 unspecified atom stereocenters. The number of pyridine rings is 2. The predicted octanol–water partition coefficient (Wildman–Crippen LogP) is 1.75. The fourth-order valence-electron chi connectivity index (χ4n) is 2.06. The summed E-state index contributed by atoms with van der Waals surface area (Å²) in [6, 6.07) is 5.34. The second-order valence-electron chi connectivity index (χ2n) is 3.68. The van der Waals surface area contributed by atoms with Gasteiger partial charge in [0.25, 0.3) is 0 Å². The first-order chi connectivity index (χ1) is 7.77. The van der Waals surface area contributed by atoms with Crippen molar-refractivity contribution in [2.24, 2.45) is 0 Å². The number of nitrogens with zero attached hydrogens (tertiary/aromatic N) is 2. The minimum absolute atomic E-state index is 0.322. The Morgan fingerprint density at radius 3 is 2.81 bits per heavy atom. The van der Waals surface area contributed by atoms with Crippen LogP contribution < -0.4 is 0 Å². The van der Waals surface area contributed by atoms with E-state index in [0.29, 0.717) is 17.7 Å². The number of rotatable bonds is 1. The van der Waals surface area contributed by atoms with Crippen molar-refractivity contribution in [1.82, 2.24) is 9.97 Å². The zero-order chi connectivity index (χ0) is 11.1. The van der Waals surface area contributed by atoms with Crippen molar-refractivity contribution in [3.05, 3.63) is 47.3 Å². The molecule has 0 aromatic carbocycles. The molecule has 2 heterocycles. The molecule has 1 N–H and O–H groups in total. The van der Waals surface area contributed by atoms with E-state index in [1.165, 1.54) is 12.3 Å². The smallest absolute Gasteiger partial charge is 0.336 e. The van der Waals surface area contributed by atoms with E-state index >= 15 is 0 Å². The van der Waals surface area contributed by atoms with Gasteiger partial charge < -0.3 is 5.11 Å². The fraction of sp³-hybridized carbons (Fsp3) is 0.0833. The zero-order valence-corrected chi connectivity index (χ0v) is 8.34. The van der Waals surface area contributed by atoms with E-state index in [2.05, 4.69) is 9.97 Å². The van der Waals surface area contributed by atoms with Crippen LogP contribution >= 0.6 is 0 Å². The highest BCUT2D eigenvalue weighted by Crippen LogP contribution is 2.34. The molecule has 0 spiro atoms. The molecular weight excluding hydrogens is 204 g/mol. The van der Waals surface area contributed by atoms with Crippen molar-refractivity contribution in [3.63, 3.8) is 0 Å². The van der Waals surface area contributed by atoms with Gasteiger partial charge in [0, 0.05) is 18.8 Å². The molecule has 0 aliphatic heterocycles. The van der Waals surface area contributed by atoms with E-state index < -0.39 is 5.97 Å². The summed E-state index contributed by atoms with van der Waals surface area (Å²) in [4.78, 5) is 19.5. The van der Waals surface area contributed by atoms with E-state index in [1.54, 1.807) is 6.20 Å². The summed E-state index contributed by atoms with van der Waals surface area (Å²) >= 11 is 0. The average Bonchev–Trinajstić information content (AvgIpc) is 2.67. The van der Waals surface area contributed by atoms with Gasteiger partial charge in [-0.3, -0.25) is 9.97 Å². The van der Waals surface area contributed by atoms with Crippen LogP contribution in [0.1, 0.15) is 21.5 Å². The van der Waals surface area contributed by atoms with Gasteiger partial charge >= 0.3 is 5.97 Å². The number of fused-ring (bicyclic) bond motifs is 3. The summed E-state index contributed by atoms with van der Waals surface area (Å²) in [7, 11) is 0. The van der Waals surface area contributed by atoms with E-state index in [0.717, 1.165) is 16.8 Å². The summed E-state index contributed by atoms with van der Waals surface area (Å²) in [5.74, 6) is -0.911. The van der Waals surface area contributed by atoms with Crippen LogP contribution in [0.3, 0.4) is 0 Å². The van der Waals surface area contributed by atoms with Crippen LogP contribution in [-0.2, 0) is 6.42 Å². The molecule has 4 heteroatoms. The maximum atomic E-state index is 11.1.